The van der Waals surface area contributed by atoms with Gasteiger partial charge in [-0.3, -0.25) is 0 Å². The summed E-state index contributed by atoms with van der Waals surface area (Å²) in [5.41, 5.74) is 1.99. The summed E-state index contributed by atoms with van der Waals surface area (Å²) in [6.45, 7) is 3.73. The van der Waals surface area contributed by atoms with Gasteiger partial charge in [0, 0.05) is 12.4 Å². The molecule has 1 saturated heterocycles. The van der Waals surface area contributed by atoms with Gasteiger partial charge in [0.2, 0.25) is 0 Å². The van der Waals surface area contributed by atoms with Gasteiger partial charge in [-0.05, 0) is 44.0 Å². The number of rotatable bonds is 4. The van der Waals surface area contributed by atoms with Crippen molar-refractivity contribution in [2.45, 2.75) is 19.4 Å². The molecule has 3 heterocycles. The number of pyridine rings is 1. The number of piperidine rings is 1. The Hall–Kier alpha value is -1.39. The van der Waals surface area contributed by atoms with Crippen molar-refractivity contribution in [3.8, 4) is 0 Å². The fourth-order valence-electron chi connectivity index (χ4n) is 2.44. The topological polar surface area (TPSA) is 38.6 Å². The van der Waals surface area contributed by atoms with Crippen molar-refractivity contribution in [3.05, 3.63) is 36.3 Å². The zero-order valence-corrected chi connectivity index (χ0v) is 10.5. The molecule has 0 aromatic carbocycles. The van der Waals surface area contributed by atoms with Crippen LogP contribution in [0.25, 0.3) is 5.65 Å². The number of hydrogen-bond donors (Lipinski definition) is 1. The zero-order chi connectivity index (χ0) is 12.2. The Balaban J connectivity index is 1.53. The van der Waals surface area contributed by atoms with Gasteiger partial charge in [0.15, 0.2) is 0 Å². The summed E-state index contributed by atoms with van der Waals surface area (Å²) in [5.74, 6) is 0.711. The largest absolute Gasteiger partial charge is 0.375 e. The maximum absolute atomic E-state index is 5.79. The van der Waals surface area contributed by atoms with E-state index in [1.807, 2.05) is 35.0 Å². The van der Waals surface area contributed by atoms with Gasteiger partial charge >= 0.3 is 0 Å². The van der Waals surface area contributed by atoms with Crippen LogP contribution in [0.5, 0.6) is 0 Å². The van der Waals surface area contributed by atoms with Crippen LogP contribution in [-0.4, -0.2) is 29.1 Å². The second-order valence-corrected chi connectivity index (χ2v) is 4.91. The lowest BCUT2D eigenvalue weighted by molar-refractivity contribution is 0.0746. The normalized spacial score (nSPS) is 17.3. The fourth-order valence-corrected chi connectivity index (χ4v) is 2.44. The fraction of sp³-hybridized carbons (Fsp3) is 0.500. The van der Waals surface area contributed by atoms with Crippen molar-refractivity contribution < 1.29 is 4.74 Å². The molecule has 96 valence electrons. The Bertz CT molecular complexity index is 469. The average Bonchev–Trinajstić information content (AvgIpc) is 2.82. The molecule has 3 rings (SSSR count). The van der Waals surface area contributed by atoms with Gasteiger partial charge in [0.1, 0.15) is 5.65 Å². The first-order chi connectivity index (χ1) is 8.92. The molecule has 4 heteroatoms. The highest BCUT2D eigenvalue weighted by atomic mass is 16.5. The first-order valence-electron chi connectivity index (χ1n) is 6.63. The van der Waals surface area contributed by atoms with E-state index in [9.17, 15) is 0 Å². The summed E-state index contributed by atoms with van der Waals surface area (Å²) in [7, 11) is 0. The monoisotopic (exact) mass is 245 g/mol. The molecule has 1 aliphatic heterocycles. The maximum Gasteiger partial charge on any atom is 0.137 e. The molecule has 0 atom stereocenters. The predicted octanol–water partition coefficient (Wildman–Crippen LogP) is 1.85. The van der Waals surface area contributed by atoms with E-state index in [1.54, 1.807) is 0 Å². The van der Waals surface area contributed by atoms with E-state index in [2.05, 4.69) is 10.3 Å². The molecule has 2 aromatic heterocycles. The van der Waals surface area contributed by atoms with Gasteiger partial charge in [-0.1, -0.05) is 6.07 Å². The number of nitrogens with one attached hydrogen (secondary N) is 1. The zero-order valence-electron chi connectivity index (χ0n) is 10.5. The van der Waals surface area contributed by atoms with Gasteiger partial charge in [0.25, 0.3) is 0 Å². The van der Waals surface area contributed by atoms with Crippen molar-refractivity contribution >= 4 is 5.65 Å². The molecule has 1 fully saturated rings. The van der Waals surface area contributed by atoms with E-state index >= 15 is 0 Å². The Morgan fingerprint density at radius 2 is 2.22 bits per heavy atom. The third-order valence-electron chi connectivity index (χ3n) is 3.48. The first kappa shape index (κ1) is 11.7. The molecule has 0 aliphatic carbocycles. The van der Waals surface area contributed by atoms with Gasteiger partial charge in [-0.15, -0.1) is 0 Å². The number of ether oxygens (including phenoxy) is 1. The Labute approximate surface area is 107 Å². The summed E-state index contributed by atoms with van der Waals surface area (Å²) in [6, 6.07) is 6.02. The number of imidazole rings is 1. The first-order valence-corrected chi connectivity index (χ1v) is 6.63. The third-order valence-corrected chi connectivity index (χ3v) is 3.48. The number of nitrogens with zero attached hydrogens (tertiary/aromatic N) is 2. The highest BCUT2D eigenvalue weighted by Crippen LogP contribution is 2.13. The molecule has 18 heavy (non-hydrogen) atoms. The van der Waals surface area contributed by atoms with Crippen molar-refractivity contribution in [1.82, 2.24) is 14.7 Å². The van der Waals surface area contributed by atoms with Crippen LogP contribution in [0.1, 0.15) is 18.5 Å². The lowest BCUT2D eigenvalue weighted by Crippen LogP contribution is -2.29. The van der Waals surface area contributed by atoms with Crippen LogP contribution >= 0.6 is 0 Å². The smallest absolute Gasteiger partial charge is 0.137 e. The van der Waals surface area contributed by atoms with Crippen LogP contribution in [0.15, 0.2) is 30.6 Å². The van der Waals surface area contributed by atoms with Crippen LogP contribution in [0, 0.1) is 5.92 Å². The third kappa shape index (κ3) is 2.71. The molecular formula is C14H19N3O. The second-order valence-electron chi connectivity index (χ2n) is 4.91. The van der Waals surface area contributed by atoms with Crippen LogP contribution in [-0.2, 0) is 11.3 Å². The van der Waals surface area contributed by atoms with E-state index in [1.165, 1.54) is 12.8 Å². The van der Waals surface area contributed by atoms with Gasteiger partial charge in [-0.2, -0.15) is 0 Å². The minimum Gasteiger partial charge on any atom is -0.375 e. The molecule has 0 bridgehead atoms. The van der Waals surface area contributed by atoms with Gasteiger partial charge < -0.3 is 14.5 Å². The van der Waals surface area contributed by atoms with E-state index in [0.29, 0.717) is 12.5 Å². The van der Waals surface area contributed by atoms with Crippen LogP contribution < -0.4 is 5.32 Å². The summed E-state index contributed by atoms with van der Waals surface area (Å²) >= 11 is 0. The lowest BCUT2D eigenvalue weighted by atomic mass is 9.99. The Morgan fingerprint density at radius 3 is 3.06 bits per heavy atom. The van der Waals surface area contributed by atoms with Crippen molar-refractivity contribution in [2.75, 3.05) is 19.7 Å². The van der Waals surface area contributed by atoms with E-state index in [4.69, 9.17) is 4.74 Å². The minimum absolute atomic E-state index is 0.617. The summed E-state index contributed by atoms with van der Waals surface area (Å²) in [4.78, 5) is 4.52. The minimum atomic E-state index is 0.617. The highest BCUT2D eigenvalue weighted by molar-refractivity contribution is 5.39. The highest BCUT2D eigenvalue weighted by Gasteiger charge is 2.13. The van der Waals surface area contributed by atoms with E-state index < -0.39 is 0 Å². The van der Waals surface area contributed by atoms with Crippen molar-refractivity contribution in [3.63, 3.8) is 0 Å². The molecule has 0 amide bonds. The molecule has 0 saturated carbocycles. The van der Waals surface area contributed by atoms with Crippen LogP contribution in [0.2, 0.25) is 0 Å². The molecule has 2 aromatic rings. The average molecular weight is 245 g/mol. The predicted molar refractivity (Wildman–Crippen MR) is 70.4 cm³/mol. The molecule has 0 spiro atoms. The molecule has 0 radical (unpaired) electrons. The number of fused-ring (bicyclic) bond motifs is 1. The van der Waals surface area contributed by atoms with Gasteiger partial charge in [0.05, 0.1) is 18.9 Å². The van der Waals surface area contributed by atoms with E-state index in [-0.39, 0.29) is 0 Å². The number of hydrogen-bond acceptors (Lipinski definition) is 3. The summed E-state index contributed by atoms with van der Waals surface area (Å²) in [5, 5.41) is 3.37. The Morgan fingerprint density at radius 1 is 1.33 bits per heavy atom. The molecular weight excluding hydrogens is 226 g/mol. The van der Waals surface area contributed by atoms with Crippen LogP contribution in [0.4, 0.5) is 0 Å². The lowest BCUT2D eigenvalue weighted by Gasteiger charge is -2.22. The number of aromatic nitrogens is 2. The van der Waals surface area contributed by atoms with Crippen molar-refractivity contribution in [2.24, 2.45) is 5.92 Å². The quantitative estimate of drug-likeness (QED) is 0.893. The molecule has 0 unspecified atom stereocenters. The maximum atomic E-state index is 5.79. The Kier molecular flexibility index (Phi) is 3.57. The van der Waals surface area contributed by atoms with Gasteiger partial charge in [-0.25, -0.2) is 4.98 Å². The van der Waals surface area contributed by atoms with Crippen LogP contribution in [0.3, 0.4) is 0 Å². The summed E-state index contributed by atoms with van der Waals surface area (Å²) in [6.07, 6.45) is 6.51. The molecule has 1 aliphatic rings. The molecule has 1 N–H and O–H groups in total. The van der Waals surface area contributed by atoms with Crippen molar-refractivity contribution in [1.29, 1.82) is 0 Å². The SMILES string of the molecule is c1ccn2cc(COCC3CCNCC3)nc2c1. The second kappa shape index (κ2) is 5.50. The molecule has 4 nitrogen and oxygen atoms in total. The standard InChI is InChI=1S/C14H19N3O/c1-2-8-17-9-13(16-14(17)3-1)11-18-10-12-4-6-15-7-5-12/h1-3,8-9,12,15H,4-7,10-11H2. The summed E-state index contributed by atoms with van der Waals surface area (Å²) < 4.78 is 7.82. The van der Waals surface area contributed by atoms with E-state index in [0.717, 1.165) is 31.0 Å².